The van der Waals surface area contributed by atoms with Crippen molar-refractivity contribution in [3.05, 3.63) is 47.1 Å². The topological polar surface area (TPSA) is 120 Å². The average Bonchev–Trinajstić information content (AvgIpc) is 3.48. The van der Waals surface area contributed by atoms with E-state index in [1.165, 1.54) is 29.5 Å². The monoisotopic (exact) mass is 615 g/mol. The fourth-order valence-electron chi connectivity index (χ4n) is 5.66. The second-order valence-electron chi connectivity index (χ2n) is 11.1. The summed E-state index contributed by atoms with van der Waals surface area (Å²) in [4.78, 5) is 24.1. The molecule has 10 nitrogen and oxygen atoms in total. The van der Waals surface area contributed by atoms with E-state index in [4.69, 9.17) is 20.6 Å². The molecule has 2 saturated heterocycles. The first-order chi connectivity index (χ1) is 20.6. The van der Waals surface area contributed by atoms with Crippen molar-refractivity contribution < 1.29 is 27.4 Å². The molecular weight excluding hydrogens is 583 g/mol. The summed E-state index contributed by atoms with van der Waals surface area (Å²) in [5, 5.41) is 8.21. The minimum absolute atomic E-state index is 0.0532. The van der Waals surface area contributed by atoms with Crippen LogP contribution in [0, 0.1) is 0 Å². The van der Waals surface area contributed by atoms with Crippen LogP contribution >= 0.6 is 11.3 Å². The Kier molecular flexibility index (Phi) is 8.00. The first-order valence-electron chi connectivity index (χ1n) is 14.2. The number of para-hydroxylation sites is 1. The van der Waals surface area contributed by atoms with Crippen molar-refractivity contribution in [2.45, 2.75) is 57.5 Å². The molecule has 6 rings (SSSR count). The Morgan fingerprint density at radius 3 is 2.63 bits per heavy atom. The minimum atomic E-state index is -4.90. The largest absolute Gasteiger partial charge is 0.573 e. The zero-order chi connectivity index (χ0) is 30.3. The van der Waals surface area contributed by atoms with Crippen molar-refractivity contribution in [2.75, 3.05) is 31.6 Å². The summed E-state index contributed by atoms with van der Waals surface area (Å²) in [6, 6.07) is 8.39. The van der Waals surface area contributed by atoms with E-state index < -0.39 is 18.0 Å². The SMILES string of the molecule is CC(C)n1nc(C2CCN(C3COC3)CC2)cc1Nc1ncc2sc(CC(N)=O)c(-c3ccccc3OC(F)(F)F)c2n1. The minimum Gasteiger partial charge on any atom is -0.405 e. The molecule has 5 heterocycles. The van der Waals surface area contributed by atoms with Gasteiger partial charge in [-0.05, 0) is 45.8 Å². The Morgan fingerprint density at radius 1 is 1.23 bits per heavy atom. The summed E-state index contributed by atoms with van der Waals surface area (Å²) in [6.07, 6.45) is -1.46. The number of nitrogens with one attached hydrogen (secondary N) is 1. The third-order valence-corrected chi connectivity index (χ3v) is 8.90. The van der Waals surface area contributed by atoms with Crippen LogP contribution in [-0.2, 0) is 16.0 Å². The molecule has 1 amide bonds. The fourth-order valence-corrected chi connectivity index (χ4v) is 6.80. The number of likely N-dealkylation sites (tertiary alicyclic amines) is 1. The number of thiophene rings is 1. The van der Waals surface area contributed by atoms with Gasteiger partial charge in [-0.15, -0.1) is 24.5 Å². The van der Waals surface area contributed by atoms with Gasteiger partial charge < -0.3 is 20.5 Å². The zero-order valence-corrected chi connectivity index (χ0v) is 24.5. The van der Waals surface area contributed by atoms with Gasteiger partial charge in [0.05, 0.1) is 47.8 Å². The molecule has 1 aromatic carbocycles. The van der Waals surface area contributed by atoms with Crippen molar-refractivity contribution in [3.8, 4) is 16.9 Å². The Balaban J connectivity index is 1.33. The van der Waals surface area contributed by atoms with Crippen molar-refractivity contribution in [2.24, 2.45) is 5.73 Å². The van der Waals surface area contributed by atoms with Gasteiger partial charge in [0.15, 0.2) is 0 Å². The van der Waals surface area contributed by atoms with Crippen LogP contribution in [0.1, 0.15) is 49.2 Å². The molecular formula is C29H32F3N7O3S. The van der Waals surface area contributed by atoms with Crippen molar-refractivity contribution in [1.82, 2.24) is 24.6 Å². The Labute approximate surface area is 250 Å². The first kappa shape index (κ1) is 29.3. The average molecular weight is 616 g/mol. The van der Waals surface area contributed by atoms with Gasteiger partial charge in [-0.3, -0.25) is 9.69 Å². The van der Waals surface area contributed by atoms with Gasteiger partial charge in [0.2, 0.25) is 11.9 Å². The molecule has 0 unspecified atom stereocenters. The molecule has 0 spiro atoms. The number of nitrogens with zero attached hydrogens (tertiary/aromatic N) is 5. The predicted octanol–water partition coefficient (Wildman–Crippen LogP) is 5.38. The van der Waals surface area contributed by atoms with E-state index in [0.717, 1.165) is 44.8 Å². The Morgan fingerprint density at radius 2 is 1.98 bits per heavy atom. The van der Waals surface area contributed by atoms with E-state index in [1.54, 1.807) is 12.3 Å². The van der Waals surface area contributed by atoms with E-state index in [1.807, 2.05) is 24.6 Å². The van der Waals surface area contributed by atoms with Gasteiger partial charge in [-0.25, -0.2) is 14.6 Å². The maximum absolute atomic E-state index is 13.3. The van der Waals surface area contributed by atoms with Crippen LogP contribution in [0.15, 0.2) is 36.5 Å². The van der Waals surface area contributed by atoms with Crippen LogP contribution < -0.4 is 15.8 Å². The highest BCUT2D eigenvalue weighted by Gasteiger charge is 2.34. The third-order valence-electron chi connectivity index (χ3n) is 7.79. The number of carbonyl (C=O) groups excluding carboxylic acids is 1. The number of piperidine rings is 1. The summed E-state index contributed by atoms with van der Waals surface area (Å²) in [6.45, 7) is 7.70. The number of ether oxygens (including phenoxy) is 2. The summed E-state index contributed by atoms with van der Waals surface area (Å²) in [5.74, 6) is 0.278. The van der Waals surface area contributed by atoms with E-state index in [9.17, 15) is 18.0 Å². The normalized spacial score (nSPS) is 17.0. The fraction of sp³-hybridized carbons (Fsp3) is 0.448. The molecule has 228 valence electrons. The van der Waals surface area contributed by atoms with Gasteiger partial charge >= 0.3 is 6.36 Å². The van der Waals surface area contributed by atoms with Crippen LogP contribution in [0.3, 0.4) is 0 Å². The number of halogens is 3. The summed E-state index contributed by atoms with van der Waals surface area (Å²) in [5.41, 5.74) is 7.39. The standard InChI is InChI=1S/C29H32F3N7O3S/c1-16(2)39-25(11-20(37-39)17-7-9-38(10-8-17)18-14-41-15-18)35-28-34-13-23-27(36-28)26(22(43-23)12-24(33)40)19-5-3-4-6-21(19)42-29(30,31)32/h3-6,11,13,16-18H,7-10,12,14-15H2,1-2H3,(H2,33,40)(H,34,35,36). The van der Waals surface area contributed by atoms with Crippen molar-refractivity contribution >= 4 is 39.2 Å². The van der Waals surface area contributed by atoms with E-state index in [-0.39, 0.29) is 24.0 Å². The molecule has 0 bridgehead atoms. The number of primary amides is 1. The molecule has 43 heavy (non-hydrogen) atoms. The van der Waals surface area contributed by atoms with E-state index in [2.05, 4.69) is 19.9 Å². The smallest absolute Gasteiger partial charge is 0.405 e. The maximum atomic E-state index is 13.3. The number of hydrogen-bond donors (Lipinski definition) is 2. The molecule has 0 radical (unpaired) electrons. The van der Waals surface area contributed by atoms with E-state index >= 15 is 0 Å². The highest BCUT2D eigenvalue weighted by atomic mass is 32.1. The molecule has 4 aromatic rings. The Hall–Kier alpha value is -3.75. The van der Waals surface area contributed by atoms with Gasteiger partial charge in [-0.1, -0.05) is 18.2 Å². The predicted molar refractivity (Wildman–Crippen MR) is 156 cm³/mol. The summed E-state index contributed by atoms with van der Waals surface area (Å²) in [7, 11) is 0. The second kappa shape index (κ2) is 11.7. The number of nitrogens with two attached hydrogens (primary N) is 1. The van der Waals surface area contributed by atoms with Gasteiger partial charge in [-0.2, -0.15) is 5.10 Å². The summed E-state index contributed by atoms with van der Waals surface area (Å²) < 4.78 is 52.0. The number of hydrogen-bond acceptors (Lipinski definition) is 9. The first-order valence-corrected chi connectivity index (χ1v) is 15.0. The lowest BCUT2D eigenvalue weighted by Crippen LogP contribution is -2.51. The Bertz CT molecular complexity index is 1630. The molecule has 0 atom stereocenters. The number of benzene rings is 1. The molecule has 0 aliphatic carbocycles. The molecule has 3 N–H and O–H groups in total. The van der Waals surface area contributed by atoms with Crippen LogP contribution in [0.5, 0.6) is 5.75 Å². The third kappa shape index (κ3) is 6.31. The number of fused-ring (bicyclic) bond motifs is 1. The number of rotatable bonds is 9. The molecule has 14 heteroatoms. The quantitative estimate of drug-likeness (QED) is 0.258. The molecule has 2 fully saturated rings. The molecule has 0 saturated carbocycles. The number of carbonyl (C=O) groups is 1. The van der Waals surface area contributed by atoms with E-state index in [0.29, 0.717) is 38.4 Å². The van der Waals surface area contributed by atoms with Crippen LogP contribution in [0.2, 0.25) is 0 Å². The van der Waals surface area contributed by atoms with Gasteiger partial charge in [0, 0.05) is 34.0 Å². The van der Waals surface area contributed by atoms with Crippen LogP contribution in [0.25, 0.3) is 21.3 Å². The van der Waals surface area contributed by atoms with Crippen molar-refractivity contribution in [1.29, 1.82) is 0 Å². The second-order valence-corrected chi connectivity index (χ2v) is 12.2. The zero-order valence-electron chi connectivity index (χ0n) is 23.7. The highest BCUT2D eigenvalue weighted by molar-refractivity contribution is 7.19. The van der Waals surface area contributed by atoms with Crippen LogP contribution in [0.4, 0.5) is 24.9 Å². The number of amides is 1. The number of alkyl halides is 3. The lowest BCUT2D eigenvalue weighted by Gasteiger charge is -2.41. The number of aromatic nitrogens is 4. The molecule has 3 aromatic heterocycles. The highest BCUT2D eigenvalue weighted by Crippen LogP contribution is 2.43. The molecule has 2 aliphatic rings. The summed E-state index contributed by atoms with van der Waals surface area (Å²) >= 11 is 1.21. The van der Waals surface area contributed by atoms with Gasteiger partial charge in [0.1, 0.15) is 11.6 Å². The molecule has 2 aliphatic heterocycles. The van der Waals surface area contributed by atoms with Crippen LogP contribution in [-0.4, -0.2) is 69.3 Å². The lowest BCUT2D eigenvalue weighted by atomic mass is 9.92. The van der Waals surface area contributed by atoms with Crippen molar-refractivity contribution in [3.63, 3.8) is 0 Å². The van der Waals surface area contributed by atoms with Gasteiger partial charge in [0.25, 0.3) is 0 Å². The lowest BCUT2D eigenvalue weighted by molar-refractivity contribution is -0.274. The maximum Gasteiger partial charge on any atom is 0.573 e. The number of anilines is 2.